The largest absolute Gasteiger partial charge is 0.494 e. The number of unbranched alkanes of at least 4 members (excludes halogenated alkanes) is 2. The van der Waals surface area contributed by atoms with Gasteiger partial charge in [-0.3, -0.25) is 19.7 Å². The Kier molecular flexibility index (Phi) is 11.5. The number of hydrogen-bond acceptors (Lipinski definition) is 6. The van der Waals surface area contributed by atoms with E-state index in [1.54, 1.807) is 24.3 Å². The lowest BCUT2D eigenvalue weighted by Gasteiger charge is -2.08. The highest BCUT2D eigenvalue weighted by atomic mass is 16.5. The minimum absolute atomic E-state index is 0.363. The van der Waals surface area contributed by atoms with Crippen molar-refractivity contribution < 1.29 is 28.7 Å². The molecule has 0 bridgehead atoms. The molecule has 29 heavy (non-hydrogen) atoms. The number of imide groups is 1. The third kappa shape index (κ3) is 10.7. The molecule has 0 heterocycles. The van der Waals surface area contributed by atoms with Crippen molar-refractivity contribution in [1.29, 1.82) is 0 Å². The first kappa shape index (κ1) is 23.9. The van der Waals surface area contributed by atoms with Gasteiger partial charge in [0.2, 0.25) is 0 Å². The lowest BCUT2D eigenvalue weighted by atomic mass is 10.2. The van der Waals surface area contributed by atoms with Gasteiger partial charge in [0.25, 0.3) is 11.8 Å². The number of rotatable bonds is 12. The molecule has 0 spiro atoms. The van der Waals surface area contributed by atoms with Crippen LogP contribution in [0.1, 0.15) is 49.9 Å². The van der Waals surface area contributed by atoms with E-state index in [0.717, 1.165) is 25.7 Å². The van der Waals surface area contributed by atoms with Crippen LogP contribution in [0.5, 0.6) is 5.75 Å². The van der Waals surface area contributed by atoms with Gasteiger partial charge in [-0.15, -0.1) is 0 Å². The Balaban J connectivity index is 2.27. The van der Waals surface area contributed by atoms with Gasteiger partial charge in [-0.25, -0.2) is 4.79 Å². The molecule has 0 aromatic heterocycles. The Morgan fingerprint density at radius 1 is 0.931 bits per heavy atom. The van der Waals surface area contributed by atoms with Crippen LogP contribution in [-0.4, -0.2) is 50.1 Å². The van der Waals surface area contributed by atoms with Crippen LogP contribution in [0.15, 0.2) is 24.3 Å². The van der Waals surface area contributed by atoms with Crippen molar-refractivity contribution in [2.24, 2.45) is 0 Å². The Hall–Kier alpha value is -3.10. The molecule has 0 aliphatic carbocycles. The zero-order valence-corrected chi connectivity index (χ0v) is 16.9. The Bertz CT molecular complexity index is 675. The minimum Gasteiger partial charge on any atom is -0.494 e. The predicted molar refractivity (Wildman–Crippen MR) is 107 cm³/mol. The molecular formula is C20H29N3O6. The predicted octanol–water partition coefficient (Wildman–Crippen LogP) is 1.76. The smallest absolute Gasteiger partial charge is 0.325 e. The average Bonchev–Trinajstić information content (AvgIpc) is 2.71. The summed E-state index contributed by atoms with van der Waals surface area (Å²) in [6, 6.07) is 5.89. The summed E-state index contributed by atoms with van der Waals surface area (Å²) >= 11 is 0. The van der Waals surface area contributed by atoms with Crippen molar-refractivity contribution in [1.82, 2.24) is 16.0 Å². The molecule has 0 fully saturated rings. The zero-order chi connectivity index (χ0) is 21.5. The quantitative estimate of drug-likeness (QED) is 0.358. The SMILES string of the molecule is CCCCNC(=O)NC(=O)COC(=O)CNC(=O)c1ccc(OCCCC)cc1. The second-order valence-corrected chi connectivity index (χ2v) is 6.23. The molecule has 160 valence electrons. The highest BCUT2D eigenvalue weighted by molar-refractivity contribution is 5.97. The summed E-state index contributed by atoms with van der Waals surface area (Å²) in [6.07, 6.45) is 3.69. The Labute approximate surface area is 170 Å². The van der Waals surface area contributed by atoms with Crippen molar-refractivity contribution in [2.75, 3.05) is 26.3 Å². The molecule has 3 N–H and O–H groups in total. The summed E-state index contributed by atoms with van der Waals surface area (Å²) in [5, 5.41) is 6.95. The number of benzene rings is 1. The van der Waals surface area contributed by atoms with Gasteiger partial charge >= 0.3 is 12.0 Å². The summed E-state index contributed by atoms with van der Waals surface area (Å²) in [4.78, 5) is 46.6. The van der Waals surface area contributed by atoms with Crippen molar-refractivity contribution >= 4 is 23.8 Å². The molecule has 9 heteroatoms. The van der Waals surface area contributed by atoms with Crippen molar-refractivity contribution in [2.45, 2.75) is 39.5 Å². The van der Waals surface area contributed by atoms with E-state index in [1.807, 2.05) is 12.2 Å². The summed E-state index contributed by atoms with van der Waals surface area (Å²) < 4.78 is 10.2. The number of ether oxygens (including phenoxy) is 2. The summed E-state index contributed by atoms with van der Waals surface area (Å²) in [7, 11) is 0. The molecule has 0 aliphatic heterocycles. The van der Waals surface area contributed by atoms with E-state index in [-0.39, 0.29) is 0 Å². The van der Waals surface area contributed by atoms with Crippen LogP contribution < -0.4 is 20.7 Å². The van der Waals surface area contributed by atoms with E-state index in [9.17, 15) is 19.2 Å². The van der Waals surface area contributed by atoms with Crippen LogP contribution >= 0.6 is 0 Å². The third-order valence-corrected chi connectivity index (χ3v) is 3.71. The molecule has 1 rings (SSSR count). The van der Waals surface area contributed by atoms with Gasteiger partial charge in [0, 0.05) is 12.1 Å². The van der Waals surface area contributed by atoms with E-state index >= 15 is 0 Å². The molecule has 0 unspecified atom stereocenters. The van der Waals surface area contributed by atoms with Gasteiger partial charge in [0.15, 0.2) is 6.61 Å². The Morgan fingerprint density at radius 2 is 1.62 bits per heavy atom. The van der Waals surface area contributed by atoms with Crippen LogP contribution in [0.25, 0.3) is 0 Å². The molecule has 9 nitrogen and oxygen atoms in total. The van der Waals surface area contributed by atoms with Gasteiger partial charge in [0.05, 0.1) is 6.61 Å². The lowest BCUT2D eigenvalue weighted by molar-refractivity contribution is -0.147. The van der Waals surface area contributed by atoms with Crippen LogP contribution in [0.2, 0.25) is 0 Å². The van der Waals surface area contributed by atoms with E-state index in [1.165, 1.54) is 0 Å². The highest BCUT2D eigenvalue weighted by Crippen LogP contribution is 2.12. The topological polar surface area (TPSA) is 123 Å². The molecule has 0 saturated carbocycles. The van der Waals surface area contributed by atoms with Crippen LogP contribution in [-0.2, 0) is 14.3 Å². The second-order valence-electron chi connectivity index (χ2n) is 6.23. The summed E-state index contributed by atoms with van der Waals surface area (Å²) in [5.74, 6) is -1.34. The van der Waals surface area contributed by atoms with Gasteiger partial charge in [0.1, 0.15) is 12.3 Å². The van der Waals surface area contributed by atoms with E-state index in [0.29, 0.717) is 24.5 Å². The molecule has 0 atom stereocenters. The monoisotopic (exact) mass is 407 g/mol. The molecule has 1 aromatic carbocycles. The average molecular weight is 407 g/mol. The number of carbonyl (C=O) groups is 4. The fourth-order valence-corrected chi connectivity index (χ4v) is 2.07. The molecule has 4 amide bonds. The minimum atomic E-state index is -0.792. The fraction of sp³-hybridized carbons (Fsp3) is 0.500. The number of amides is 4. The van der Waals surface area contributed by atoms with Gasteiger partial charge in [-0.2, -0.15) is 0 Å². The van der Waals surface area contributed by atoms with E-state index in [2.05, 4.69) is 17.6 Å². The first-order valence-corrected chi connectivity index (χ1v) is 9.70. The maximum absolute atomic E-state index is 12.0. The van der Waals surface area contributed by atoms with Gasteiger partial charge < -0.3 is 20.1 Å². The van der Waals surface area contributed by atoms with Crippen molar-refractivity contribution in [3.05, 3.63) is 29.8 Å². The molecular weight excluding hydrogens is 378 g/mol. The number of esters is 1. The number of urea groups is 1. The van der Waals surface area contributed by atoms with Crippen molar-refractivity contribution in [3.8, 4) is 5.75 Å². The second kappa shape index (κ2) is 14.0. The van der Waals surface area contributed by atoms with E-state index in [4.69, 9.17) is 9.47 Å². The molecule has 0 saturated heterocycles. The molecule has 0 radical (unpaired) electrons. The highest BCUT2D eigenvalue weighted by Gasteiger charge is 2.12. The first-order valence-electron chi connectivity index (χ1n) is 9.70. The zero-order valence-electron chi connectivity index (χ0n) is 16.9. The van der Waals surface area contributed by atoms with Crippen LogP contribution in [0.3, 0.4) is 0 Å². The number of nitrogens with one attached hydrogen (secondary N) is 3. The maximum Gasteiger partial charge on any atom is 0.325 e. The lowest BCUT2D eigenvalue weighted by Crippen LogP contribution is -2.42. The summed E-state index contributed by atoms with van der Waals surface area (Å²) in [6.45, 7) is 4.10. The molecule has 0 aliphatic rings. The van der Waals surface area contributed by atoms with Crippen LogP contribution in [0, 0.1) is 0 Å². The van der Waals surface area contributed by atoms with Crippen molar-refractivity contribution in [3.63, 3.8) is 0 Å². The fourth-order valence-electron chi connectivity index (χ4n) is 2.07. The molecule has 1 aromatic rings. The van der Waals surface area contributed by atoms with Gasteiger partial charge in [-0.1, -0.05) is 26.7 Å². The number of hydrogen-bond donors (Lipinski definition) is 3. The third-order valence-electron chi connectivity index (χ3n) is 3.71. The Morgan fingerprint density at radius 3 is 2.28 bits per heavy atom. The van der Waals surface area contributed by atoms with Gasteiger partial charge in [-0.05, 0) is 37.1 Å². The van der Waals surface area contributed by atoms with Crippen LogP contribution in [0.4, 0.5) is 4.79 Å². The first-order chi connectivity index (χ1) is 14.0. The summed E-state index contributed by atoms with van der Waals surface area (Å²) in [5.41, 5.74) is 0.363. The van der Waals surface area contributed by atoms with E-state index < -0.39 is 37.0 Å². The maximum atomic E-state index is 12.0. The number of carbonyl (C=O) groups excluding carboxylic acids is 4. The normalized spacial score (nSPS) is 10.0. The standard InChI is InChI=1S/C20H29N3O6/c1-3-5-11-21-20(27)23-17(24)14-29-18(25)13-22-19(26)15-7-9-16(10-8-15)28-12-6-4-2/h7-10H,3-6,11-14H2,1-2H3,(H,22,26)(H2,21,23,24,27).